The van der Waals surface area contributed by atoms with E-state index in [1.54, 1.807) is 0 Å². The topological polar surface area (TPSA) is 15.3 Å². The van der Waals surface area contributed by atoms with Crippen molar-refractivity contribution >= 4 is 0 Å². The standard InChI is InChI=1S/C16H34N2/c1-7-14-11-17-16(9-3,10-4)12-18(14)15(8-2)13(5)6/h13-15,17H,7-12H2,1-6H3. The molecule has 2 unspecified atom stereocenters. The molecule has 0 aromatic carbocycles. The second-order valence-electron chi connectivity index (χ2n) is 6.32. The molecule has 2 atom stereocenters. The fourth-order valence-electron chi connectivity index (χ4n) is 3.57. The van der Waals surface area contributed by atoms with Crippen LogP contribution >= 0.6 is 0 Å². The van der Waals surface area contributed by atoms with Crippen LogP contribution in [0.4, 0.5) is 0 Å². The lowest BCUT2D eigenvalue weighted by atomic mass is 9.85. The molecule has 1 aliphatic rings. The number of nitrogens with zero attached hydrogens (tertiary/aromatic N) is 1. The summed E-state index contributed by atoms with van der Waals surface area (Å²) in [6.45, 7) is 16.5. The average Bonchev–Trinajstić information content (AvgIpc) is 2.39. The van der Waals surface area contributed by atoms with Gasteiger partial charge in [0, 0.05) is 30.7 Å². The third kappa shape index (κ3) is 3.27. The monoisotopic (exact) mass is 254 g/mol. The smallest absolute Gasteiger partial charge is 0.0304 e. The summed E-state index contributed by atoms with van der Waals surface area (Å²) >= 11 is 0. The molecule has 0 aromatic heterocycles. The number of piperazine rings is 1. The molecule has 0 amide bonds. The van der Waals surface area contributed by atoms with Crippen molar-refractivity contribution < 1.29 is 0 Å². The highest BCUT2D eigenvalue weighted by molar-refractivity contribution is 4.98. The maximum atomic E-state index is 3.84. The minimum absolute atomic E-state index is 0.355. The van der Waals surface area contributed by atoms with Crippen molar-refractivity contribution in [2.24, 2.45) is 5.92 Å². The lowest BCUT2D eigenvalue weighted by Gasteiger charge is -2.51. The van der Waals surface area contributed by atoms with Gasteiger partial charge in [-0.2, -0.15) is 0 Å². The fourth-order valence-corrected chi connectivity index (χ4v) is 3.57. The predicted molar refractivity (Wildman–Crippen MR) is 81.0 cm³/mol. The molecule has 108 valence electrons. The van der Waals surface area contributed by atoms with Crippen LogP contribution in [0.5, 0.6) is 0 Å². The molecule has 1 N–H and O–H groups in total. The summed E-state index contributed by atoms with van der Waals surface area (Å²) in [7, 11) is 0. The average molecular weight is 254 g/mol. The molecule has 1 aliphatic heterocycles. The first-order valence-corrected chi connectivity index (χ1v) is 8.04. The summed E-state index contributed by atoms with van der Waals surface area (Å²) in [5.74, 6) is 0.758. The van der Waals surface area contributed by atoms with Crippen molar-refractivity contribution in [2.75, 3.05) is 13.1 Å². The first-order valence-electron chi connectivity index (χ1n) is 8.04. The third-order valence-electron chi connectivity index (χ3n) is 5.11. The van der Waals surface area contributed by atoms with Crippen molar-refractivity contribution in [3.05, 3.63) is 0 Å². The van der Waals surface area contributed by atoms with E-state index in [2.05, 4.69) is 51.8 Å². The van der Waals surface area contributed by atoms with E-state index in [0.717, 1.165) is 18.0 Å². The van der Waals surface area contributed by atoms with Crippen LogP contribution < -0.4 is 5.32 Å². The molecule has 1 heterocycles. The minimum Gasteiger partial charge on any atom is -0.308 e. The highest BCUT2D eigenvalue weighted by Crippen LogP contribution is 2.28. The minimum atomic E-state index is 0.355. The van der Waals surface area contributed by atoms with Gasteiger partial charge in [-0.3, -0.25) is 4.90 Å². The molecule has 0 spiro atoms. The molecular weight excluding hydrogens is 220 g/mol. The zero-order valence-corrected chi connectivity index (χ0v) is 13.4. The largest absolute Gasteiger partial charge is 0.308 e. The summed E-state index contributed by atoms with van der Waals surface area (Å²) < 4.78 is 0. The summed E-state index contributed by atoms with van der Waals surface area (Å²) in [5.41, 5.74) is 0.355. The third-order valence-corrected chi connectivity index (χ3v) is 5.11. The van der Waals surface area contributed by atoms with Crippen molar-refractivity contribution in [3.63, 3.8) is 0 Å². The lowest BCUT2D eigenvalue weighted by Crippen LogP contribution is -2.66. The molecule has 0 saturated carbocycles. The van der Waals surface area contributed by atoms with Crippen LogP contribution in [0.3, 0.4) is 0 Å². The fraction of sp³-hybridized carbons (Fsp3) is 1.00. The van der Waals surface area contributed by atoms with Crippen molar-refractivity contribution in [3.8, 4) is 0 Å². The lowest BCUT2D eigenvalue weighted by molar-refractivity contribution is 0.0168. The Bertz CT molecular complexity index is 233. The van der Waals surface area contributed by atoms with Crippen LogP contribution in [-0.2, 0) is 0 Å². The van der Waals surface area contributed by atoms with Crippen LogP contribution in [0, 0.1) is 5.92 Å². The number of nitrogens with one attached hydrogen (secondary N) is 1. The zero-order valence-electron chi connectivity index (χ0n) is 13.4. The van der Waals surface area contributed by atoms with Crippen molar-refractivity contribution in [2.45, 2.75) is 84.8 Å². The van der Waals surface area contributed by atoms with Gasteiger partial charge in [0.2, 0.25) is 0 Å². The second-order valence-corrected chi connectivity index (χ2v) is 6.32. The number of hydrogen-bond donors (Lipinski definition) is 1. The highest BCUT2D eigenvalue weighted by Gasteiger charge is 2.39. The normalized spacial score (nSPS) is 26.5. The highest BCUT2D eigenvalue weighted by atomic mass is 15.3. The Morgan fingerprint density at radius 2 is 1.78 bits per heavy atom. The van der Waals surface area contributed by atoms with Crippen molar-refractivity contribution in [1.29, 1.82) is 0 Å². The van der Waals surface area contributed by atoms with Crippen LogP contribution in [0.1, 0.15) is 67.2 Å². The zero-order chi connectivity index (χ0) is 13.8. The van der Waals surface area contributed by atoms with E-state index in [1.807, 2.05) is 0 Å². The Kier molecular flexibility index (Phi) is 6.13. The Balaban J connectivity index is 2.87. The Morgan fingerprint density at radius 3 is 2.17 bits per heavy atom. The molecule has 0 aromatic rings. The molecule has 0 bridgehead atoms. The predicted octanol–water partition coefficient (Wildman–Crippen LogP) is 3.66. The van der Waals surface area contributed by atoms with Gasteiger partial charge in [0.05, 0.1) is 0 Å². The van der Waals surface area contributed by atoms with Crippen LogP contribution in [-0.4, -0.2) is 35.6 Å². The summed E-state index contributed by atoms with van der Waals surface area (Å²) in [6.07, 6.45) is 5.02. The Hall–Kier alpha value is -0.0800. The second kappa shape index (κ2) is 6.91. The molecule has 2 nitrogen and oxygen atoms in total. The molecule has 18 heavy (non-hydrogen) atoms. The van der Waals surface area contributed by atoms with Gasteiger partial charge in [-0.1, -0.05) is 41.5 Å². The first kappa shape index (κ1) is 16.0. The molecule has 1 saturated heterocycles. The number of rotatable bonds is 6. The maximum absolute atomic E-state index is 3.84. The van der Waals surface area contributed by atoms with E-state index in [-0.39, 0.29) is 0 Å². The van der Waals surface area contributed by atoms with E-state index >= 15 is 0 Å². The van der Waals surface area contributed by atoms with E-state index < -0.39 is 0 Å². The molecule has 1 fully saturated rings. The Morgan fingerprint density at radius 1 is 1.17 bits per heavy atom. The molecule has 0 radical (unpaired) electrons. The SMILES string of the molecule is CCC1CNC(CC)(CC)CN1C(CC)C(C)C. The van der Waals surface area contributed by atoms with Gasteiger partial charge in [0.1, 0.15) is 0 Å². The molecular formula is C16H34N2. The van der Waals surface area contributed by atoms with E-state index in [1.165, 1.54) is 38.8 Å². The van der Waals surface area contributed by atoms with Crippen LogP contribution in [0.15, 0.2) is 0 Å². The van der Waals surface area contributed by atoms with E-state index in [9.17, 15) is 0 Å². The Labute approximate surface area is 115 Å². The van der Waals surface area contributed by atoms with Gasteiger partial charge < -0.3 is 5.32 Å². The summed E-state index contributed by atoms with van der Waals surface area (Å²) in [4.78, 5) is 2.81. The van der Waals surface area contributed by atoms with Gasteiger partial charge in [0.15, 0.2) is 0 Å². The van der Waals surface area contributed by atoms with E-state index in [4.69, 9.17) is 0 Å². The van der Waals surface area contributed by atoms with Crippen LogP contribution in [0.2, 0.25) is 0 Å². The van der Waals surface area contributed by atoms with Gasteiger partial charge >= 0.3 is 0 Å². The number of hydrogen-bond acceptors (Lipinski definition) is 2. The van der Waals surface area contributed by atoms with Gasteiger partial charge in [0.25, 0.3) is 0 Å². The van der Waals surface area contributed by atoms with Crippen LogP contribution in [0.25, 0.3) is 0 Å². The van der Waals surface area contributed by atoms with Gasteiger partial charge in [-0.25, -0.2) is 0 Å². The summed E-state index contributed by atoms with van der Waals surface area (Å²) in [5, 5.41) is 3.84. The first-order chi connectivity index (χ1) is 8.53. The van der Waals surface area contributed by atoms with Crippen molar-refractivity contribution in [1.82, 2.24) is 10.2 Å². The van der Waals surface area contributed by atoms with Gasteiger partial charge in [-0.05, 0) is 31.6 Å². The molecule has 2 heteroatoms. The maximum Gasteiger partial charge on any atom is 0.0304 e. The van der Waals surface area contributed by atoms with E-state index in [0.29, 0.717) is 5.54 Å². The summed E-state index contributed by atoms with van der Waals surface area (Å²) in [6, 6.07) is 1.47. The molecule has 0 aliphatic carbocycles. The van der Waals surface area contributed by atoms with Gasteiger partial charge in [-0.15, -0.1) is 0 Å². The molecule has 1 rings (SSSR count). The quantitative estimate of drug-likeness (QED) is 0.778.